The SMILES string of the molecule is O=C(CCn1cnc2c(c1=O)CCC2)Nc1ccc(Oc2ccccc2)cc1. The molecular formula is C22H21N3O3. The molecule has 0 saturated heterocycles. The first-order valence-electron chi connectivity index (χ1n) is 9.39. The second-order valence-electron chi connectivity index (χ2n) is 6.76. The first kappa shape index (κ1) is 18.0. The predicted octanol–water partition coefficient (Wildman–Crippen LogP) is 3.55. The second-order valence-corrected chi connectivity index (χ2v) is 6.76. The average Bonchev–Trinajstić information content (AvgIpc) is 3.20. The molecule has 6 nitrogen and oxygen atoms in total. The minimum Gasteiger partial charge on any atom is -0.457 e. The molecule has 1 aromatic heterocycles. The second kappa shape index (κ2) is 8.08. The van der Waals surface area contributed by atoms with Crippen molar-refractivity contribution < 1.29 is 9.53 Å². The van der Waals surface area contributed by atoms with Gasteiger partial charge in [0.25, 0.3) is 5.56 Å². The highest BCUT2D eigenvalue weighted by molar-refractivity contribution is 5.90. The largest absolute Gasteiger partial charge is 0.457 e. The number of carbonyl (C=O) groups excluding carboxylic acids is 1. The number of fused-ring (bicyclic) bond motifs is 1. The van der Waals surface area contributed by atoms with E-state index in [-0.39, 0.29) is 17.9 Å². The number of hydrogen-bond acceptors (Lipinski definition) is 4. The molecule has 0 radical (unpaired) electrons. The highest BCUT2D eigenvalue weighted by Crippen LogP contribution is 2.22. The van der Waals surface area contributed by atoms with Gasteiger partial charge in [0, 0.05) is 24.2 Å². The maximum atomic E-state index is 12.4. The van der Waals surface area contributed by atoms with Crippen LogP contribution in [0.1, 0.15) is 24.1 Å². The number of nitrogens with zero attached hydrogens (tertiary/aromatic N) is 2. The Bertz CT molecular complexity index is 1030. The number of carbonyl (C=O) groups is 1. The van der Waals surface area contributed by atoms with Crippen molar-refractivity contribution >= 4 is 11.6 Å². The van der Waals surface area contributed by atoms with Gasteiger partial charge >= 0.3 is 0 Å². The molecule has 1 N–H and O–H groups in total. The van der Waals surface area contributed by atoms with Crippen molar-refractivity contribution in [2.24, 2.45) is 0 Å². The van der Waals surface area contributed by atoms with Gasteiger partial charge in [-0.1, -0.05) is 18.2 Å². The molecule has 0 atom stereocenters. The van der Waals surface area contributed by atoms with Gasteiger partial charge in [-0.15, -0.1) is 0 Å². The van der Waals surface area contributed by atoms with Crippen LogP contribution in [0.2, 0.25) is 0 Å². The molecule has 1 heterocycles. The Balaban J connectivity index is 1.32. The van der Waals surface area contributed by atoms with Crippen LogP contribution in [0.3, 0.4) is 0 Å². The molecule has 1 aliphatic rings. The molecule has 2 aromatic carbocycles. The number of anilines is 1. The Kier molecular flexibility index (Phi) is 5.19. The Labute approximate surface area is 162 Å². The van der Waals surface area contributed by atoms with Crippen LogP contribution in [0, 0.1) is 0 Å². The first-order chi connectivity index (χ1) is 13.7. The van der Waals surface area contributed by atoms with Crippen LogP contribution in [-0.4, -0.2) is 15.5 Å². The normalized spacial score (nSPS) is 12.4. The van der Waals surface area contributed by atoms with Crippen LogP contribution in [0.15, 0.2) is 65.7 Å². The highest BCUT2D eigenvalue weighted by atomic mass is 16.5. The van der Waals surface area contributed by atoms with E-state index in [0.717, 1.165) is 36.3 Å². The van der Waals surface area contributed by atoms with E-state index in [4.69, 9.17) is 4.74 Å². The minimum atomic E-state index is -0.149. The van der Waals surface area contributed by atoms with Gasteiger partial charge in [-0.2, -0.15) is 0 Å². The summed E-state index contributed by atoms with van der Waals surface area (Å²) in [4.78, 5) is 29.0. The average molecular weight is 375 g/mol. The number of aryl methyl sites for hydroxylation is 2. The fourth-order valence-electron chi connectivity index (χ4n) is 3.30. The third-order valence-electron chi connectivity index (χ3n) is 4.76. The van der Waals surface area contributed by atoms with Crippen LogP contribution in [0.4, 0.5) is 5.69 Å². The Morgan fingerprint density at radius 1 is 1.04 bits per heavy atom. The number of hydrogen-bond donors (Lipinski definition) is 1. The van der Waals surface area contributed by atoms with Crippen LogP contribution >= 0.6 is 0 Å². The number of para-hydroxylation sites is 1. The van der Waals surface area contributed by atoms with Crippen molar-refractivity contribution in [2.45, 2.75) is 32.2 Å². The smallest absolute Gasteiger partial charge is 0.256 e. The topological polar surface area (TPSA) is 73.2 Å². The van der Waals surface area contributed by atoms with E-state index < -0.39 is 0 Å². The molecule has 1 aliphatic carbocycles. The van der Waals surface area contributed by atoms with Gasteiger partial charge in [-0.05, 0) is 55.7 Å². The van der Waals surface area contributed by atoms with Gasteiger partial charge in [0.1, 0.15) is 11.5 Å². The van der Waals surface area contributed by atoms with Crippen molar-refractivity contribution in [1.82, 2.24) is 9.55 Å². The summed E-state index contributed by atoms with van der Waals surface area (Å²) in [5.74, 6) is 1.30. The van der Waals surface area contributed by atoms with Gasteiger partial charge in [-0.3, -0.25) is 14.2 Å². The molecule has 6 heteroatoms. The zero-order chi connectivity index (χ0) is 19.3. The summed E-state index contributed by atoms with van der Waals surface area (Å²) < 4.78 is 7.26. The van der Waals surface area contributed by atoms with Crippen LogP contribution in [0.25, 0.3) is 0 Å². The highest BCUT2D eigenvalue weighted by Gasteiger charge is 2.17. The molecule has 0 spiro atoms. The molecule has 1 amide bonds. The Morgan fingerprint density at radius 2 is 1.79 bits per heavy atom. The predicted molar refractivity (Wildman–Crippen MR) is 107 cm³/mol. The zero-order valence-corrected chi connectivity index (χ0v) is 15.4. The number of aromatic nitrogens is 2. The molecule has 3 aromatic rings. The van der Waals surface area contributed by atoms with Crippen molar-refractivity contribution in [1.29, 1.82) is 0 Å². The van der Waals surface area contributed by atoms with Gasteiger partial charge in [0.15, 0.2) is 0 Å². The summed E-state index contributed by atoms with van der Waals surface area (Å²) in [5, 5.41) is 2.84. The molecule has 0 saturated carbocycles. The number of nitrogens with one attached hydrogen (secondary N) is 1. The fourth-order valence-corrected chi connectivity index (χ4v) is 3.30. The molecule has 0 aliphatic heterocycles. The van der Waals surface area contributed by atoms with E-state index in [1.54, 1.807) is 30.6 Å². The van der Waals surface area contributed by atoms with E-state index in [1.807, 2.05) is 30.3 Å². The van der Waals surface area contributed by atoms with Crippen LogP contribution in [0.5, 0.6) is 11.5 Å². The summed E-state index contributed by atoms with van der Waals surface area (Å²) in [5.41, 5.74) is 2.38. The van der Waals surface area contributed by atoms with Gasteiger partial charge in [0.2, 0.25) is 5.91 Å². The van der Waals surface area contributed by atoms with E-state index in [9.17, 15) is 9.59 Å². The number of ether oxygens (including phenoxy) is 1. The molecule has 0 bridgehead atoms. The summed E-state index contributed by atoms with van der Waals surface area (Å²) in [6.45, 7) is 0.320. The Morgan fingerprint density at radius 3 is 2.57 bits per heavy atom. The molecule has 0 fully saturated rings. The lowest BCUT2D eigenvalue weighted by Gasteiger charge is -2.09. The third-order valence-corrected chi connectivity index (χ3v) is 4.76. The lowest BCUT2D eigenvalue weighted by Crippen LogP contribution is -2.26. The summed E-state index contributed by atoms with van der Waals surface area (Å²) in [7, 11) is 0. The lowest BCUT2D eigenvalue weighted by molar-refractivity contribution is -0.116. The molecule has 0 unspecified atom stereocenters. The number of amides is 1. The van der Waals surface area contributed by atoms with Gasteiger partial charge < -0.3 is 10.1 Å². The molecule has 4 rings (SSSR count). The fraction of sp³-hybridized carbons (Fsp3) is 0.227. The summed E-state index contributed by atoms with van der Waals surface area (Å²) in [6.07, 6.45) is 4.39. The van der Waals surface area contributed by atoms with Crippen molar-refractivity contribution in [3.8, 4) is 11.5 Å². The molecular weight excluding hydrogens is 354 g/mol. The van der Waals surface area contributed by atoms with Crippen LogP contribution in [-0.2, 0) is 24.2 Å². The quantitative estimate of drug-likeness (QED) is 0.715. The monoisotopic (exact) mass is 375 g/mol. The third kappa shape index (κ3) is 4.11. The van der Waals surface area contributed by atoms with E-state index >= 15 is 0 Å². The minimum absolute atomic E-state index is 0.0160. The summed E-state index contributed by atoms with van der Waals surface area (Å²) >= 11 is 0. The molecule has 28 heavy (non-hydrogen) atoms. The van der Waals surface area contributed by atoms with Crippen LogP contribution < -0.4 is 15.6 Å². The summed E-state index contributed by atoms with van der Waals surface area (Å²) in [6, 6.07) is 16.7. The van der Waals surface area contributed by atoms with E-state index in [0.29, 0.717) is 18.0 Å². The van der Waals surface area contributed by atoms with Crippen molar-refractivity contribution in [3.05, 3.63) is 82.5 Å². The Hall–Kier alpha value is -3.41. The van der Waals surface area contributed by atoms with Gasteiger partial charge in [0.05, 0.1) is 12.0 Å². The van der Waals surface area contributed by atoms with Crippen molar-refractivity contribution in [2.75, 3.05) is 5.32 Å². The standard InChI is InChI=1S/C22H21N3O3/c26-21(13-14-25-15-23-20-8-4-7-19(20)22(25)27)24-16-9-11-18(12-10-16)28-17-5-2-1-3-6-17/h1-3,5-6,9-12,15H,4,7-8,13-14H2,(H,24,26). The van der Waals surface area contributed by atoms with E-state index in [2.05, 4.69) is 10.3 Å². The number of rotatable bonds is 6. The zero-order valence-electron chi connectivity index (χ0n) is 15.4. The molecule has 142 valence electrons. The van der Waals surface area contributed by atoms with Crippen molar-refractivity contribution in [3.63, 3.8) is 0 Å². The lowest BCUT2D eigenvalue weighted by atomic mass is 10.2. The van der Waals surface area contributed by atoms with E-state index in [1.165, 1.54) is 4.57 Å². The number of benzene rings is 2. The first-order valence-corrected chi connectivity index (χ1v) is 9.39. The maximum absolute atomic E-state index is 12.4. The maximum Gasteiger partial charge on any atom is 0.256 e. The van der Waals surface area contributed by atoms with Gasteiger partial charge in [-0.25, -0.2) is 4.98 Å².